The van der Waals surface area contributed by atoms with Gasteiger partial charge in [0.15, 0.2) is 0 Å². The molecule has 2 rings (SSSR count). The van der Waals surface area contributed by atoms with Gasteiger partial charge in [-0.2, -0.15) is 4.31 Å². The monoisotopic (exact) mass is 333 g/mol. The van der Waals surface area contributed by atoms with E-state index in [9.17, 15) is 8.42 Å². The number of hydrogen-bond donors (Lipinski definition) is 0. The van der Waals surface area contributed by atoms with Gasteiger partial charge in [0.1, 0.15) is 5.15 Å². The van der Waals surface area contributed by atoms with E-state index >= 15 is 0 Å². The van der Waals surface area contributed by atoms with Crippen LogP contribution in [0.5, 0.6) is 0 Å². The molecule has 1 fully saturated rings. The van der Waals surface area contributed by atoms with Crippen LogP contribution in [0, 0.1) is 0 Å². The quantitative estimate of drug-likeness (QED) is 0.578. The Labute approximate surface area is 130 Å². The van der Waals surface area contributed by atoms with Crippen LogP contribution < -0.4 is 4.90 Å². The van der Waals surface area contributed by atoms with Crippen molar-refractivity contribution in [3.63, 3.8) is 0 Å². The largest absolute Gasteiger partial charge is 0.385 e. The van der Waals surface area contributed by atoms with Gasteiger partial charge in [-0.1, -0.05) is 11.6 Å². The molecule has 2 heterocycles. The maximum absolute atomic E-state index is 12.2. The average molecular weight is 334 g/mol. The van der Waals surface area contributed by atoms with Crippen molar-refractivity contribution in [2.75, 3.05) is 50.5 Å². The number of rotatable bonds is 6. The molecule has 0 atom stereocenters. The van der Waals surface area contributed by atoms with Gasteiger partial charge >= 0.3 is 0 Å². The molecule has 118 valence electrons. The minimum Gasteiger partial charge on any atom is -0.385 e. The Balaban J connectivity index is 1.91. The van der Waals surface area contributed by atoms with Gasteiger partial charge in [0.2, 0.25) is 10.0 Å². The molecule has 0 saturated carbocycles. The van der Waals surface area contributed by atoms with Crippen LogP contribution in [0.1, 0.15) is 6.42 Å². The van der Waals surface area contributed by atoms with E-state index in [2.05, 4.69) is 9.88 Å². The lowest BCUT2D eigenvalue weighted by molar-refractivity contribution is 0.199. The summed E-state index contributed by atoms with van der Waals surface area (Å²) in [5.74, 6) is 0.141. The smallest absolute Gasteiger partial charge is 0.214 e. The van der Waals surface area contributed by atoms with Crippen molar-refractivity contribution in [2.24, 2.45) is 0 Å². The van der Waals surface area contributed by atoms with Crippen LogP contribution in [0.3, 0.4) is 0 Å². The lowest BCUT2D eigenvalue weighted by atomic mass is 10.3. The number of sulfonamides is 1. The van der Waals surface area contributed by atoms with E-state index < -0.39 is 10.0 Å². The van der Waals surface area contributed by atoms with Gasteiger partial charge in [0.05, 0.1) is 5.75 Å². The van der Waals surface area contributed by atoms with Gasteiger partial charge in [-0.05, 0) is 18.6 Å². The molecular formula is C13H20ClN3O3S. The molecule has 0 spiro atoms. The van der Waals surface area contributed by atoms with E-state index in [-0.39, 0.29) is 5.75 Å². The second-order valence-corrected chi connectivity index (χ2v) is 7.36. The van der Waals surface area contributed by atoms with Gasteiger partial charge in [-0.25, -0.2) is 13.4 Å². The number of ether oxygens (including phenoxy) is 1. The summed E-state index contributed by atoms with van der Waals surface area (Å²) in [6.07, 6.45) is 2.19. The minimum atomic E-state index is -3.18. The van der Waals surface area contributed by atoms with Crippen LogP contribution >= 0.6 is 11.6 Å². The number of aromatic nitrogens is 1. The zero-order chi connectivity index (χ0) is 15.3. The fraction of sp³-hybridized carbons (Fsp3) is 0.615. The van der Waals surface area contributed by atoms with Gasteiger partial charge in [-0.15, -0.1) is 0 Å². The topological polar surface area (TPSA) is 62.7 Å². The van der Waals surface area contributed by atoms with Crippen molar-refractivity contribution in [1.29, 1.82) is 0 Å². The Hall–Kier alpha value is -0.890. The maximum atomic E-state index is 12.2. The number of anilines is 1. The molecule has 1 aliphatic rings. The Bertz CT molecular complexity index is 560. The molecule has 1 aromatic heterocycles. The van der Waals surface area contributed by atoms with E-state index in [1.807, 2.05) is 6.07 Å². The molecule has 0 aromatic carbocycles. The van der Waals surface area contributed by atoms with Gasteiger partial charge in [-0.3, -0.25) is 0 Å². The Morgan fingerprint density at radius 3 is 2.67 bits per heavy atom. The SMILES string of the molecule is COCCCS(=O)(=O)N1CCN(c2ccnc(Cl)c2)CC1. The van der Waals surface area contributed by atoms with Crippen LogP contribution in [-0.4, -0.2) is 63.4 Å². The predicted octanol–water partition coefficient (Wildman–Crippen LogP) is 1.22. The van der Waals surface area contributed by atoms with Crippen LogP contribution in [-0.2, 0) is 14.8 Å². The first-order chi connectivity index (χ1) is 10.0. The van der Waals surface area contributed by atoms with Crippen molar-refractivity contribution in [2.45, 2.75) is 6.42 Å². The van der Waals surface area contributed by atoms with Gasteiger partial charge in [0.25, 0.3) is 0 Å². The van der Waals surface area contributed by atoms with Crippen LogP contribution in [0.2, 0.25) is 5.15 Å². The second-order valence-electron chi connectivity index (χ2n) is 4.89. The summed E-state index contributed by atoms with van der Waals surface area (Å²) in [4.78, 5) is 6.07. The summed E-state index contributed by atoms with van der Waals surface area (Å²) in [6, 6.07) is 3.68. The van der Waals surface area contributed by atoms with Crippen molar-refractivity contribution in [1.82, 2.24) is 9.29 Å². The zero-order valence-corrected chi connectivity index (χ0v) is 13.6. The minimum absolute atomic E-state index is 0.141. The van der Waals surface area contributed by atoms with E-state index in [0.29, 0.717) is 44.4 Å². The van der Waals surface area contributed by atoms with Gasteiger partial charge in [0, 0.05) is 51.8 Å². The normalized spacial score (nSPS) is 17.1. The summed E-state index contributed by atoms with van der Waals surface area (Å²) in [6.45, 7) is 2.77. The second kappa shape index (κ2) is 7.40. The third kappa shape index (κ3) is 4.54. The first-order valence-electron chi connectivity index (χ1n) is 6.86. The maximum Gasteiger partial charge on any atom is 0.214 e. The fourth-order valence-electron chi connectivity index (χ4n) is 2.33. The lowest BCUT2D eigenvalue weighted by Crippen LogP contribution is -2.49. The van der Waals surface area contributed by atoms with Crippen LogP contribution in [0.25, 0.3) is 0 Å². The Kier molecular flexibility index (Phi) is 5.80. The standard InChI is InChI=1S/C13H20ClN3O3S/c1-20-9-2-10-21(18,19)17-7-5-16(6-8-17)12-3-4-15-13(14)11-12/h3-4,11H,2,5-10H2,1H3. The van der Waals surface area contributed by atoms with E-state index in [1.165, 1.54) is 0 Å². The molecule has 1 saturated heterocycles. The molecule has 0 N–H and O–H groups in total. The number of piperazine rings is 1. The van der Waals surface area contributed by atoms with Crippen molar-refractivity contribution < 1.29 is 13.2 Å². The molecule has 1 aromatic rings. The molecule has 0 unspecified atom stereocenters. The van der Waals surface area contributed by atoms with Crippen molar-refractivity contribution in [3.05, 3.63) is 23.5 Å². The summed E-state index contributed by atoms with van der Waals surface area (Å²) >= 11 is 5.88. The highest BCUT2D eigenvalue weighted by Gasteiger charge is 2.26. The fourth-order valence-corrected chi connectivity index (χ4v) is 3.96. The van der Waals surface area contributed by atoms with Crippen molar-refractivity contribution >= 4 is 27.3 Å². The lowest BCUT2D eigenvalue weighted by Gasteiger charge is -2.35. The Morgan fingerprint density at radius 1 is 1.33 bits per heavy atom. The predicted molar refractivity (Wildman–Crippen MR) is 83.3 cm³/mol. The van der Waals surface area contributed by atoms with Crippen LogP contribution in [0.4, 0.5) is 5.69 Å². The zero-order valence-electron chi connectivity index (χ0n) is 12.0. The number of pyridine rings is 1. The molecule has 8 heteroatoms. The highest BCUT2D eigenvalue weighted by atomic mass is 35.5. The third-order valence-corrected chi connectivity index (χ3v) is 5.62. The molecule has 0 radical (unpaired) electrons. The van der Waals surface area contributed by atoms with Crippen LogP contribution in [0.15, 0.2) is 18.3 Å². The first-order valence-corrected chi connectivity index (χ1v) is 8.85. The molecule has 6 nitrogen and oxygen atoms in total. The first kappa shape index (κ1) is 16.5. The Morgan fingerprint density at radius 2 is 2.05 bits per heavy atom. The molecule has 0 amide bonds. The number of methoxy groups -OCH3 is 1. The van der Waals surface area contributed by atoms with Gasteiger partial charge < -0.3 is 9.64 Å². The summed E-state index contributed by atoms with van der Waals surface area (Å²) in [5.41, 5.74) is 0.978. The van der Waals surface area contributed by atoms with E-state index in [4.69, 9.17) is 16.3 Å². The van der Waals surface area contributed by atoms with E-state index in [1.54, 1.807) is 23.7 Å². The third-order valence-electron chi connectivity index (χ3n) is 3.46. The summed E-state index contributed by atoms with van der Waals surface area (Å²) < 4.78 is 30.8. The highest BCUT2D eigenvalue weighted by molar-refractivity contribution is 7.89. The number of hydrogen-bond acceptors (Lipinski definition) is 5. The number of nitrogens with zero attached hydrogens (tertiary/aromatic N) is 3. The van der Waals surface area contributed by atoms with E-state index in [0.717, 1.165) is 5.69 Å². The molecular weight excluding hydrogens is 314 g/mol. The molecule has 0 aliphatic carbocycles. The highest BCUT2D eigenvalue weighted by Crippen LogP contribution is 2.20. The summed E-state index contributed by atoms with van der Waals surface area (Å²) in [7, 11) is -1.61. The number of halogens is 1. The molecule has 0 bridgehead atoms. The van der Waals surface area contributed by atoms with Crippen molar-refractivity contribution in [3.8, 4) is 0 Å². The molecule has 1 aliphatic heterocycles. The molecule has 21 heavy (non-hydrogen) atoms. The summed E-state index contributed by atoms with van der Waals surface area (Å²) in [5, 5.41) is 0.446. The average Bonchev–Trinajstić information content (AvgIpc) is 2.47.